The Hall–Kier alpha value is -1.89. The highest BCUT2D eigenvalue weighted by atomic mass is 32.2. The summed E-state index contributed by atoms with van der Waals surface area (Å²) in [4.78, 5) is 21.7. The second-order valence-corrected chi connectivity index (χ2v) is 4.80. The van der Waals surface area contributed by atoms with Gasteiger partial charge in [0.15, 0.2) is 0 Å². The molecular formula is C9H9NO5S. The van der Waals surface area contributed by atoms with Crippen LogP contribution in [0, 0.1) is 0 Å². The Balaban J connectivity index is 3.21. The Morgan fingerprint density at radius 2 is 1.81 bits per heavy atom. The number of nitrogens with one attached hydrogen (secondary N) is 1. The number of aliphatic carboxylic acids is 1. The van der Waals surface area contributed by atoms with Crippen LogP contribution in [0.1, 0.15) is 10.4 Å². The highest BCUT2D eigenvalue weighted by molar-refractivity contribution is 7.92. The lowest BCUT2D eigenvalue weighted by Crippen LogP contribution is -2.17. The molecular weight excluding hydrogens is 234 g/mol. The van der Waals surface area contributed by atoms with Crippen molar-refractivity contribution < 1.29 is 23.1 Å². The molecule has 16 heavy (non-hydrogen) atoms. The van der Waals surface area contributed by atoms with E-state index < -0.39 is 21.8 Å². The van der Waals surface area contributed by atoms with Gasteiger partial charge >= 0.3 is 5.97 Å². The van der Waals surface area contributed by atoms with E-state index in [2.05, 4.69) is 4.72 Å². The Morgan fingerprint density at radius 1 is 1.25 bits per heavy atom. The number of rotatable bonds is 4. The van der Waals surface area contributed by atoms with Crippen LogP contribution < -0.4 is 4.72 Å². The Labute approximate surface area is 92.0 Å². The number of carboxylic acid groups (broad SMARTS) is 1. The van der Waals surface area contributed by atoms with Crippen molar-refractivity contribution in [3.8, 4) is 0 Å². The monoisotopic (exact) mass is 243 g/mol. The summed E-state index contributed by atoms with van der Waals surface area (Å²) in [6.45, 7) is 0. The van der Waals surface area contributed by atoms with Gasteiger partial charge in [-0.1, -0.05) is 12.1 Å². The number of ketones is 1. The summed E-state index contributed by atoms with van der Waals surface area (Å²) in [6.07, 6.45) is 0.912. The molecule has 0 saturated carbocycles. The number of anilines is 1. The van der Waals surface area contributed by atoms with E-state index in [1.54, 1.807) is 0 Å². The van der Waals surface area contributed by atoms with Crippen LogP contribution in [-0.2, 0) is 14.8 Å². The molecule has 2 N–H and O–H groups in total. The molecule has 0 radical (unpaired) electrons. The Morgan fingerprint density at radius 3 is 2.31 bits per heavy atom. The van der Waals surface area contributed by atoms with Crippen molar-refractivity contribution >= 4 is 27.5 Å². The molecule has 0 aromatic heterocycles. The van der Waals surface area contributed by atoms with Gasteiger partial charge in [-0.15, -0.1) is 0 Å². The van der Waals surface area contributed by atoms with E-state index in [9.17, 15) is 18.0 Å². The maximum Gasteiger partial charge on any atom is 0.377 e. The minimum atomic E-state index is -3.55. The third-order valence-electron chi connectivity index (χ3n) is 1.66. The highest BCUT2D eigenvalue weighted by Crippen LogP contribution is 2.16. The lowest BCUT2D eigenvalue weighted by molar-refractivity contribution is -0.131. The van der Waals surface area contributed by atoms with Crippen LogP contribution in [0.2, 0.25) is 0 Å². The van der Waals surface area contributed by atoms with Gasteiger partial charge in [0.2, 0.25) is 10.0 Å². The summed E-state index contributed by atoms with van der Waals surface area (Å²) in [6, 6.07) is 5.50. The van der Waals surface area contributed by atoms with Crippen LogP contribution in [-0.4, -0.2) is 31.5 Å². The normalized spacial score (nSPS) is 10.8. The van der Waals surface area contributed by atoms with Gasteiger partial charge in [-0.3, -0.25) is 9.52 Å². The first kappa shape index (κ1) is 12.2. The van der Waals surface area contributed by atoms with E-state index in [0.717, 1.165) is 6.26 Å². The molecule has 0 aliphatic rings. The Bertz CT molecular complexity index is 535. The van der Waals surface area contributed by atoms with Crippen molar-refractivity contribution in [2.75, 3.05) is 11.0 Å². The first-order valence-corrected chi connectivity index (χ1v) is 6.05. The molecule has 1 rings (SSSR count). The van der Waals surface area contributed by atoms with Gasteiger partial charge in [0.1, 0.15) is 0 Å². The summed E-state index contributed by atoms with van der Waals surface area (Å²) < 4.78 is 24.0. The highest BCUT2D eigenvalue weighted by Gasteiger charge is 2.19. The molecule has 7 heteroatoms. The molecule has 86 valence electrons. The molecule has 0 atom stereocenters. The van der Waals surface area contributed by atoms with Gasteiger partial charge in [0.05, 0.1) is 17.5 Å². The number of carboxylic acids is 1. The van der Waals surface area contributed by atoms with Crippen molar-refractivity contribution in [1.29, 1.82) is 0 Å². The van der Waals surface area contributed by atoms with Crippen LogP contribution in [0.4, 0.5) is 5.69 Å². The van der Waals surface area contributed by atoms with Crippen molar-refractivity contribution in [1.82, 2.24) is 0 Å². The largest absolute Gasteiger partial charge is 0.475 e. The fourth-order valence-electron chi connectivity index (χ4n) is 1.09. The molecule has 0 saturated heterocycles. The van der Waals surface area contributed by atoms with Crippen LogP contribution >= 0.6 is 0 Å². The molecule has 0 aliphatic carbocycles. The van der Waals surface area contributed by atoms with E-state index in [4.69, 9.17) is 5.11 Å². The van der Waals surface area contributed by atoms with Crippen molar-refractivity contribution in [2.45, 2.75) is 0 Å². The maximum absolute atomic E-state index is 11.2. The lowest BCUT2D eigenvalue weighted by atomic mass is 10.1. The molecule has 6 nitrogen and oxygen atoms in total. The molecule has 0 amide bonds. The van der Waals surface area contributed by atoms with Crippen LogP contribution in [0.5, 0.6) is 0 Å². The predicted octanol–water partition coefficient (Wildman–Crippen LogP) is 0.325. The minimum Gasteiger partial charge on any atom is -0.475 e. The zero-order valence-corrected chi connectivity index (χ0v) is 9.11. The molecule has 0 bridgehead atoms. The number of sulfonamides is 1. The first-order valence-electron chi connectivity index (χ1n) is 4.15. The smallest absolute Gasteiger partial charge is 0.377 e. The predicted molar refractivity (Wildman–Crippen MR) is 56.9 cm³/mol. The minimum absolute atomic E-state index is 0.0441. The maximum atomic E-state index is 11.2. The van der Waals surface area contributed by atoms with Gasteiger partial charge in [-0.25, -0.2) is 13.2 Å². The zero-order chi connectivity index (χ0) is 12.3. The quantitative estimate of drug-likeness (QED) is 0.586. The number of carbonyl (C=O) groups excluding carboxylic acids is 1. The van der Waals surface area contributed by atoms with Crippen LogP contribution in [0.25, 0.3) is 0 Å². The van der Waals surface area contributed by atoms with Gasteiger partial charge in [0.25, 0.3) is 5.78 Å². The van der Waals surface area contributed by atoms with Gasteiger partial charge < -0.3 is 5.11 Å². The average Bonchev–Trinajstić information content (AvgIpc) is 2.15. The van der Waals surface area contributed by atoms with Gasteiger partial charge in [0, 0.05) is 0 Å². The lowest BCUT2D eigenvalue weighted by Gasteiger charge is -2.07. The molecule has 0 unspecified atom stereocenters. The average molecular weight is 243 g/mol. The van der Waals surface area contributed by atoms with Crippen molar-refractivity contribution in [3.63, 3.8) is 0 Å². The topological polar surface area (TPSA) is 101 Å². The van der Waals surface area contributed by atoms with Crippen LogP contribution in [0.15, 0.2) is 24.3 Å². The summed E-state index contributed by atoms with van der Waals surface area (Å²) in [7, 11) is -3.55. The van der Waals surface area contributed by atoms with E-state index in [-0.39, 0.29) is 11.3 Å². The summed E-state index contributed by atoms with van der Waals surface area (Å²) in [5, 5.41) is 8.53. The molecule has 0 aliphatic heterocycles. The van der Waals surface area contributed by atoms with Crippen molar-refractivity contribution in [2.24, 2.45) is 0 Å². The summed E-state index contributed by atoms with van der Waals surface area (Å²) >= 11 is 0. The number of carbonyl (C=O) groups is 2. The van der Waals surface area contributed by atoms with E-state index in [1.807, 2.05) is 0 Å². The first-order chi connectivity index (χ1) is 7.31. The number of Topliss-reactive ketones (excluding diaryl/α,β-unsaturated/α-hetero) is 1. The number of hydrogen-bond donors (Lipinski definition) is 2. The fraction of sp³-hybridized carbons (Fsp3) is 0.111. The third-order valence-corrected chi connectivity index (χ3v) is 2.25. The second-order valence-electron chi connectivity index (χ2n) is 3.05. The second kappa shape index (κ2) is 4.31. The zero-order valence-electron chi connectivity index (χ0n) is 8.30. The van der Waals surface area contributed by atoms with Crippen molar-refractivity contribution in [3.05, 3.63) is 29.8 Å². The summed E-state index contributed by atoms with van der Waals surface area (Å²) in [5.41, 5.74) is -0.238. The third kappa shape index (κ3) is 3.06. The standard InChI is InChI=1S/C9H9NO5S/c1-16(14,15)10-7-5-3-2-4-6(7)8(11)9(12)13/h2-5,10H,1H3,(H,12,13). The molecule has 0 heterocycles. The fourth-order valence-corrected chi connectivity index (χ4v) is 1.66. The van der Waals surface area contributed by atoms with E-state index in [1.165, 1.54) is 24.3 Å². The molecule has 0 fully saturated rings. The number of benzene rings is 1. The molecule has 0 spiro atoms. The van der Waals surface area contributed by atoms with E-state index >= 15 is 0 Å². The number of hydrogen-bond acceptors (Lipinski definition) is 4. The van der Waals surface area contributed by atoms with E-state index in [0.29, 0.717) is 0 Å². The van der Waals surface area contributed by atoms with Gasteiger partial charge in [-0.2, -0.15) is 0 Å². The van der Waals surface area contributed by atoms with Crippen LogP contribution in [0.3, 0.4) is 0 Å². The SMILES string of the molecule is CS(=O)(=O)Nc1ccccc1C(=O)C(=O)O. The number of para-hydroxylation sites is 1. The molecule has 1 aromatic carbocycles. The summed E-state index contributed by atoms with van der Waals surface area (Å²) in [5.74, 6) is -2.80. The Kier molecular flexibility index (Phi) is 3.28. The van der Waals surface area contributed by atoms with Gasteiger partial charge in [-0.05, 0) is 12.1 Å². The molecule has 1 aromatic rings.